The molecule has 0 bridgehead atoms. The van der Waals surface area contributed by atoms with Gasteiger partial charge in [0.05, 0.1) is 11.3 Å². The Labute approximate surface area is 98.4 Å². The molecule has 0 saturated heterocycles. The van der Waals surface area contributed by atoms with Gasteiger partial charge in [-0.15, -0.1) is 0 Å². The second-order valence-corrected chi connectivity index (χ2v) is 5.61. The summed E-state index contributed by atoms with van der Waals surface area (Å²) in [4.78, 5) is 0. The molecule has 1 saturated carbocycles. The van der Waals surface area contributed by atoms with E-state index in [1.54, 1.807) is 0 Å². The van der Waals surface area contributed by atoms with E-state index in [4.69, 9.17) is 5.26 Å². The van der Waals surface area contributed by atoms with Crippen molar-refractivity contribution < 1.29 is 0 Å². The highest BCUT2D eigenvalue weighted by molar-refractivity contribution is 9.10. The van der Waals surface area contributed by atoms with Crippen LogP contribution in [0.15, 0.2) is 22.7 Å². The molecule has 0 amide bonds. The molecule has 2 rings (SSSR count). The van der Waals surface area contributed by atoms with Crippen LogP contribution in [0.2, 0.25) is 0 Å². The predicted octanol–water partition coefficient (Wildman–Crippen LogP) is 3.53. The number of rotatable bonds is 2. The summed E-state index contributed by atoms with van der Waals surface area (Å²) in [5, 5.41) is 12.4. The van der Waals surface area contributed by atoms with Crippen LogP contribution in [0.5, 0.6) is 0 Å². The van der Waals surface area contributed by atoms with E-state index in [2.05, 4.69) is 41.2 Å². The Morgan fingerprint density at radius 1 is 1.53 bits per heavy atom. The van der Waals surface area contributed by atoms with E-state index < -0.39 is 0 Å². The Kier molecular flexibility index (Phi) is 2.47. The van der Waals surface area contributed by atoms with Crippen molar-refractivity contribution in [3.05, 3.63) is 28.2 Å². The number of nitrogens with zero attached hydrogens (tertiary/aromatic N) is 1. The molecule has 1 aliphatic rings. The molecule has 1 atom stereocenters. The van der Waals surface area contributed by atoms with E-state index >= 15 is 0 Å². The first-order valence-corrected chi connectivity index (χ1v) is 5.78. The van der Waals surface area contributed by atoms with Crippen LogP contribution in [-0.4, -0.2) is 6.04 Å². The van der Waals surface area contributed by atoms with Gasteiger partial charge in [0.25, 0.3) is 0 Å². The quantitative estimate of drug-likeness (QED) is 0.887. The van der Waals surface area contributed by atoms with Crippen LogP contribution < -0.4 is 5.32 Å². The molecule has 1 aromatic carbocycles. The van der Waals surface area contributed by atoms with Crippen LogP contribution in [0.1, 0.15) is 25.8 Å². The molecule has 1 unspecified atom stereocenters. The van der Waals surface area contributed by atoms with Crippen molar-refractivity contribution in [2.75, 3.05) is 5.32 Å². The van der Waals surface area contributed by atoms with E-state index in [0.717, 1.165) is 10.2 Å². The van der Waals surface area contributed by atoms with Crippen molar-refractivity contribution in [1.29, 1.82) is 5.26 Å². The lowest BCUT2D eigenvalue weighted by molar-refractivity contribution is 0.630. The SMILES string of the molecule is CC1(C)CC1Nc1cc(Br)ccc1C#N. The lowest BCUT2D eigenvalue weighted by Gasteiger charge is -2.10. The monoisotopic (exact) mass is 264 g/mol. The van der Waals surface area contributed by atoms with Gasteiger partial charge >= 0.3 is 0 Å². The van der Waals surface area contributed by atoms with Crippen LogP contribution in [-0.2, 0) is 0 Å². The first kappa shape index (κ1) is 10.5. The van der Waals surface area contributed by atoms with Crippen molar-refractivity contribution in [3.63, 3.8) is 0 Å². The van der Waals surface area contributed by atoms with Gasteiger partial charge in [-0.3, -0.25) is 0 Å². The number of nitriles is 1. The van der Waals surface area contributed by atoms with Crippen molar-refractivity contribution >= 4 is 21.6 Å². The molecule has 78 valence electrons. The van der Waals surface area contributed by atoms with E-state index in [0.29, 0.717) is 17.0 Å². The minimum atomic E-state index is 0.370. The molecule has 1 aromatic rings. The minimum Gasteiger partial charge on any atom is -0.381 e. The summed E-state index contributed by atoms with van der Waals surface area (Å²) < 4.78 is 1.00. The molecule has 0 spiro atoms. The molecule has 0 aliphatic heterocycles. The maximum absolute atomic E-state index is 8.97. The van der Waals surface area contributed by atoms with Crippen LogP contribution in [0.4, 0.5) is 5.69 Å². The molecule has 1 N–H and O–H groups in total. The maximum Gasteiger partial charge on any atom is 0.101 e. The Balaban J connectivity index is 2.21. The Hall–Kier alpha value is -1.01. The highest BCUT2D eigenvalue weighted by Crippen LogP contribution is 2.46. The first-order valence-electron chi connectivity index (χ1n) is 4.99. The number of nitrogens with one attached hydrogen (secondary N) is 1. The number of halogens is 1. The van der Waals surface area contributed by atoms with Gasteiger partial charge in [0.1, 0.15) is 6.07 Å². The number of anilines is 1. The van der Waals surface area contributed by atoms with Gasteiger partial charge in [-0.05, 0) is 30.0 Å². The van der Waals surface area contributed by atoms with Crippen molar-refractivity contribution in [1.82, 2.24) is 0 Å². The Morgan fingerprint density at radius 3 is 2.73 bits per heavy atom. The molecule has 1 aliphatic carbocycles. The van der Waals surface area contributed by atoms with E-state index in [1.165, 1.54) is 6.42 Å². The second kappa shape index (κ2) is 3.53. The molecular formula is C12H13BrN2. The molecule has 2 nitrogen and oxygen atoms in total. The minimum absolute atomic E-state index is 0.370. The average Bonchev–Trinajstić information content (AvgIpc) is 2.74. The molecule has 0 aromatic heterocycles. The zero-order valence-electron chi connectivity index (χ0n) is 8.84. The van der Waals surface area contributed by atoms with Crippen molar-refractivity contribution in [2.45, 2.75) is 26.3 Å². The second-order valence-electron chi connectivity index (χ2n) is 4.69. The average molecular weight is 265 g/mol. The molecule has 15 heavy (non-hydrogen) atoms. The lowest BCUT2D eigenvalue weighted by atomic mass is 10.1. The number of hydrogen-bond donors (Lipinski definition) is 1. The third-order valence-corrected chi connectivity index (χ3v) is 3.44. The van der Waals surface area contributed by atoms with Crippen LogP contribution in [0, 0.1) is 16.7 Å². The molecule has 3 heteroatoms. The van der Waals surface area contributed by atoms with Gasteiger partial charge in [0.2, 0.25) is 0 Å². The van der Waals surface area contributed by atoms with Crippen LogP contribution in [0.3, 0.4) is 0 Å². The summed E-state index contributed by atoms with van der Waals surface area (Å²) in [6.07, 6.45) is 1.17. The van der Waals surface area contributed by atoms with Gasteiger partial charge < -0.3 is 5.32 Å². The van der Waals surface area contributed by atoms with Gasteiger partial charge in [0, 0.05) is 10.5 Å². The summed E-state index contributed by atoms with van der Waals surface area (Å²) in [7, 11) is 0. The van der Waals surface area contributed by atoms with Crippen LogP contribution in [0.25, 0.3) is 0 Å². The topological polar surface area (TPSA) is 35.8 Å². The van der Waals surface area contributed by atoms with Gasteiger partial charge in [-0.1, -0.05) is 29.8 Å². The summed E-state index contributed by atoms with van der Waals surface area (Å²) >= 11 is 3.41. The predicted molar refractivity (Wildman–Crippen MR) is 64.7 cm³/mol. The highest BCUT2D eigenvalue weighted by Gasteiger charge is 2.45. The van der Waals surface area contributed by atoms with E-state index in [-0.39, 0.29) is 0 Å². The molecule has 0 radical (unpaired) electrons. The Bertz CT molecular complexity index is 432. The van der Waals surface area contributed by atoms with E-state index in [9.17, 15) is 0 Å². The molecule has 0 heterocycles. The third kappa shape index (κ3) is 2.15. The zero-order valence-corrected chi connectivity index (χ0v) is 10.4. The third-order valence-electron chi connectivity index (χ3n) is 2.95. The van der Waals surface area contributed by atoms with Gasteiger partial charge in [-0.25, -0.2) is 0 Å². The lowest BCUT2D eigenvalue weighted by Crippen LogP contribution is -2.09. The van der Waals surface area contributed by atoms with Gasteiger partial charge in [-0.2, -0.15) is 5.26 Å². The number of benzene rings is 1. The van der Waals surface area contributed by atoms with Crippen molar-refractivity contribution in [3.8, 4) is 6.07 Å². The van der Waals surface area contributed by atoms with Gasteiger partial charge in [0.15, 0.2) is 0 Å². The first-order chi connectivity index (χ1) is 7.03. The van der Waals surface area contributed by atoms with Crippen LogP contribution >= 0.6 is 15.9 Å². The smallest absolute Gasteiger partial charge is 0.101 e. The summed E-state index contributed by atoms with van der Waals surface area (Å²) in [6.45, 7) is 4.46. The highest BCUT2D eigenvalue weighted by atomic mass is 79.9. The summed E-state index contributed by atoms with van der Waals surface area (Å²) in [5.41, 5.74) is 2.01. The maximum atomic E-state index is 8.97. The van der Waals surface area contributed by atoms with E-state index in [1.807, 2.05) is 18.2 Å². The zero-order chi connectivity index (χ0) is 11.1. The van der Waals surface area contributed by atoms with Crippen molar-refractivity contribution in [2.24, 2.45) is 5.41 Å². The molecular weight excluding hydrogens is 252 g/mol. The fourth-order valence-corrected chi connectivity index (χ4v) is 2.00. The summed E-state index contributed by atoms with van der Waals surface area (Å²) in [6, 6.07) is 8.39. The largest absolute Gasteiger partial charge is 0.381 e. The fourth-order valence-electron chi connectivity index (χ4n) is 1.63. The molecule has 1 fully saturated rings. The normalized spacial score (nSPS) is 21.9. The summed E-state index contributed by atoms with van der Waals surface area (Å²) in [5.74, 6) is 0. The standard InChI is InChI=1S/C12H13BrN2/c1-12(2)6-11(12)15-10-5-9(13)4-3-8(10)7-14/h3-5,11,15H,6H2,1-2H3. The fraction of sp³-hybridized carbons (Fsp3) is 0.417. The number of hydrogen-bond acceptors (Lipinski definition) is 2. The Morgan fingerprint density at radius 2 is 2.20 bits per heavy atom.